The predicted octanol–water partition coefficient (Wildman–Crippen LogP) is 5.40. The van der Waals surface area contributed by atoms with Gasteiger partial charge < -0.3 is 0 Å². The molecular weight excluding hydrogens is 364 g/mol. The highest BCUT2D eigenvalue weighted by atomic mass is 32.1. The Balaban J connectivity index is 1.65. The minimum Gasteiger partial charge on any atom is -0.295 e. The highest BCUT2D eigenvalue weighted by Crippen LogP contribution is 2.31. The first-order valence-electron chi connectivity index (χ1n) is 9.58. The Hall–Kier alpha value is -2.30. The average molecular weight is 393 g/mol. The van der Waals surface area contributed by atoms with E-state index in [4.69, 9.17) is 0 Å². The van der Waals surface area contributed by atoms with Crippen molar-refractivity contribution in [3.63, 3.8) is 0 Å². The molecule has 1 heterocycles. The summed E-state index contributed by atoms with van der Waals surface area (Å²) in [6.07, 6.45) is 0. The van der Waals surface area contributed by atoms with Crippen molar-refractivity contribution in [2.75, 3.05) is 13.6 Å². The standard InChI is InChI=1S/C24H28N2OS/c1-17-23(28-18(2)25-17)22(27)16-26(5)15-19-11-13-21(14-12-19)24(3,4)20-9-7-6-8-10-20/h6-14H,15-16H2,1-5H3. The number of rotatable bonds is 7. The summed E-state index contributed by atoms with van der Waals surface area (Å²) in [5.74, 6) is 0.146. The van der Waals surface area contributed by atoms with Gasteiger partial charge in [0, 0.05) is 12.0 Å². The van der Waals surface area contributed by atoms with E-state index in [-0.39, 0.29) is 11.2 Å². The van der Waals surface area contributed by atoms with Gasteiger partial charge in [-0.05, 0) is 37.6 Å². The molecule has 3 rings (SSSR count). The smallest absolute Gasteiger partial charge is 0.188 e. The molecular formula is C24H28N2OS. The second-order valence-corrected chi connectivity index (χ2v) is 9.13. The summed E-state index contributed by atoms with van der Waals surface area (Å²) in [5, 5.41) is 0.945. The zero-order valence-corrected chi connectivity index (χ0v) is 18.1. The lowest BCUT2D eigenvalue weighted by atomic mass is 9.78. The number of thiazole rings is 1. The van der Waals surface area contributed by atoms with Crippen LogP contribution in [0.5, 0.6) is 0 Å². The maximum Gasteiger partial charge on any atom is 0.188 e. The van der Waals surface area contributed by atoms with Gasteiger partial charge in [0.15, 0.2) is 5.78 Å². The van der Waals surface area contributed by atoms with Gasteiger partial charge in [-0.15, -0.1) is 11.3 Å². The summed E-state index contributed by atoms with van der Waals surface area (Å²) < 4.78 is 0. The highest BCUT2D eigenvalue weighted by Gasteiger charge is 2.22. The zero-order valence-electron chi connectivity index (χ0n) is 17.3. The third-order valence-corrected chi connectivity index (χ3v) is 6.31. The van der Waals surface area contributed by atoms with Gasteiger partial charge in [0.1, 0.15) is 0 Å². The third kappa shape index (κ3) is 4.57. The monoisotopic (exact) mass is 392 g/mol. The van der Waals surface area contributed by atoms with Crippen LogP contribution in [0.4, 0.5) is 0 Å². The number of aryl methyl sites for hydroxylation is 2. The lowest BCUT2D eigenvalue weighted by molar-refractivity contribution is 0.0946. The molecule has 0 aliphatic carbocycles. The van der Waals surface area contributed by atoms with E-state index in [9.17, 15) is 4.79 Å². The molecule has 3 nitrogen and oxygen atoms in total. The number of hydrogen-bond donors (Lipinski definition) is 0. The van der Waals surface area contributed by atoms with E-state index in [1.165, 1.54) is 28.0 Å². The molecule has 0 N–H and O–H groups in total. The molecule has 146 valence electrons. The molecule has 0 fully saturated rings. The van der Waals surface area contributed by atoms with E-state index in [1.54, 1.807) is 0 Å². The fraction of sp³-hybridized carbons (Fsp3) is 0.333. The van der Waals surface area contributed by atoms with Gasteiger partial charge in [-0.1, -0.05) is 68.4 Å². The Bertz CT molecular complexity index is 942. The van der Waals surface area contributed by atoms with Gasteiger partial charge in [-0.25, -0.2) is 4.98 Å². The van der Waals surface area contributed by atoms with Gasteiger partial charge in [-0.2, -0.15) is 0 Å². The Morgan fingerprint density at radius 2 is 1.61 bits per heavy atom. The Morgan fingerprint density at radius 3 is 2.18 bits per heavy atom. The molecule has 0 atom stereocenters. The van der Waals surface area contributed by atoms with Crippen LogP contribution in [0.25, 0.3) is 0 Å². The number of benzene rings is 2. The van der Waals surface area contributed by atoms with E-state index >= 15 is 0 Å². The van der Waals surface area contributed by atoms with Gasteiger partial charge in [0.2, 0.25) is 0 Å². The van der Waals surface area contributed by atoms with Crippen LogP contribution in [-0.2, 0) is 12.0 Å². The topological polar surface area (TPSA) is 33.2 Å². The molecule has 0 saturated carbocycles. The normalized spacial score (nSPS) is 11.8. The zero-order chi connectivity index (χ0) is 20.3. The van der Waals surface area contributed by atoms with Gasteiger partial charge in [-0.3, -0.25) is 9.69 Å². The molecule has 1 aromatic heterocycles. The van der Waals surface area contributed by atoms with Crippen LogP contribution in [0.15, 0.2) is 54.6 Å². The summed E-state index contributed by atoms with van der Waals surface area (Å²) in [6, 6.07) is 19.3. The first kappa shape index (κ1) is 20.4. The first-order valence-corrected chi connectivity index (χ1v) is 10.4. The summed E-state index contributed by atoms with van der Waals surface area (Å²) in [7, 11) is 1.99. The lowest BCUT2D eigenvalue weighted by Crippen LogP contribution is -2.25. The lowest BCUT2D eigenvalue weighted by Gasteiger charge is -2.26. The Morgan fingerprint density at radius 1 is 1.00 bits per heavy atom. The molecule has 0 bridgehead atoms. The maximum absolute atomic E-state index is 12.6. The molecule has 0 spiro atoms. The number of hydrogen-bond acceptors (Lipinski definition) is 4. The van der Waals surface area contributed by atoms with Gasteiger partial charge >= 0.3 is 0 Å². The average Bonchev–Trinajstić information content (AvgIpc) is 3.01. The molecule has 0 aliphatic heterocycles. The highest BCUT2D eigenvalue weighted by molar-refractivity contribution is 7.13. The van der Waals surface area contributed by atoms with Crippen molar-refractivity contribution in [3.05, 3.63) is 86.9 Å². The van der Waals surface area contributed by atoms with Crippen molar-refractivity contribution in [2.24, 2.45) is 0 Å². The molecule has 0 aliphatic rings. The molecule has 0 radical (unpaired) electrons. The predicted molar refractivity (Wildman–Crippen MR) is 117 cm³/mol. The summed E-state index contributed by atoms with van der Waals surface area (Å²) in [5.41, 5.74) is 4.61. The molecule has 3 aromatic rings. The van der Waals surface area contributed by atoms with Crippen molar-refractivity contribution in [2.45, 2.75) is 39.7 Å². The quantitative estimate of drug-likeness (QED) is 0.505. The van der Waals surface area contributed by atoms with E-state index < -0.39 is 0 Å². The number of Topliss-reactive ketones (excluding diaryl/α,β-unsaturated/α-hetero) is 1. The minimum atomic E-state index is -0.0385. The van der Waals surface area contributed by atoms with Crippen molar-refractivity contribution in [1.82, 2.24) is 9.88 Å². The SMILES string of the molecule is Cc1nc(C)c(C(=O)CN(C)Cc2ccc(C(C)(C)c3ccccc3)cc2)s1. The molecule has 28 heavy (non-hydrogen) atoms. The van der Waals surface area contributed by atoms with Crippen LogP contribution >= 0.6 is 11.3 Å². The fourth-order valence-corrected chi connectivity index (χ4v) is 4.37. The number of nitrogens with zero attached hydrogens (tertiary/aromatic N) is 2. The molecule has 0 amide bonds. The number of likely N-dealkylation sites (N-methyl/N-ethyl adjacent to an activating group) is 1. The van der Waals surface area contributed by atoms with Crippen LogP contribution in [0.3, 0.4) is 0 Å². The van der Waals surface area contributed by atoms with Crippen LogP contribution in [-0.4, -0.2) is 29.3 Å². The Kier molecular flexibility index (Phi) is 6.11. The van der Waals surface area contributed by atoms with E-state index in [2.05, 4.69) is 78.3 Å². The summed E-state index contributed by atoms with van der Waals surface area (Å²) in [6.45, 7) is 9.50. The summed E-state index contributed by atoms with van der Waals surface area (Å²) in [4.78, 5) is 19.8. The minimum absolute atomic E-state index is 0.0385. The van der Waals surface area contributed by atoms with E-state index in [1.807, 2.05) is 20.9 Å². The number of carbonyl (C=O) groups excluding carboxylic acids is 1. The maximum atomic E-state index is 12.6. The van der Waals surface area contributed by atoms with E-state index in [0.29, 0.717) is 6.54 Å². The van der Waals surface area contributed by atoms with Crippen LogP contribution in [0, 0.1) is 13.8 Å². The van der Waals surface area contributed by atoms with Gasteiger partial charge in [0.25, 0.3) is 0 Å². The van der Waals surface area contributed by atoms with Crippen LogP contribution < -0.4 is 0 Å². The number of ketones is 1. The molecule has 0 saturated heterocycles. The summed E-state index contributed by atoms with van der Waals surface area (Å²) >= 11 is 1.49. The van der Waals surface area contributed by atoms with Crippen molar-refractivity contribution >= 4 is 17.1 Å². The van der Waals surface area contributed by atoms with Crippen molar-refractivity contribution in [3.8, 4) is 0 Å². The molecule has 4 heteroatoms. The van der Waals surface area contributed by atoms with Crippen LogP contribution in [0.1, 0.15) is 50.9 Å². The Labute approximate surface area is 172 Å². The first-order chi connectivity index (χ1) is 13.3. The number of aromatic nitrogens is 1. The third-order valence-electron chi connectivity index (χ3n) is 5.19. The molecule has 2 aromatic carbocycles. The van der Waals surface area contributed by atoms with E-state index in [0.717, 1.165) is 22.1 Å². The fourth-order valence-electron chi connectivity index (χ4n) is 3.52. The number of carbonyl (C=O) groups is 1. The van der Waals surface area contributed by atoms with Crippen LogP contribution in [0.2, 0.25) is 0 Å². The molecule has 0 unspecified atom stereocenters. The second-order valence-electron chi connectivity index (χ2n) is 7.93. The van der Waals surface area contributed by atoms with Crippen molar-refractivity contribution in [1.29, 1.82) is 0 Å². The largest absolute Gasteiger partial charge is 0.295 e. The second kappa shape index (κ2) is 8.38. The van der Waals surface area contributed by atoms with Gasteiger partial charge in [0.05, 0.1) is 22.1 Å². The van der Waals surface area contributed by atoms with Crippen molar-refractivity contribution < 1.29 is 4.79 Å².